The first-order chi connectivity index (χ1) is 9.31. The number of hydrogen-bond acceptors (Lipinski definition) is 1. The fourth-order valence-corrected chi connectivity index (χ4v) is 4.14. The van der Waals surface area contributed by atoms with Gasteiger partial charge in [0.2, 0.25) is 0 Å². The number of halogens is 1. The van der Waals surface area contributed by atoms with Crippen molar-refractivity contribution in [2.45, 2.75) is 22.8 Å². The molecule has 1 unspecified atom stereocenters. The highest BCUT2D eigenvalue weighted by Gasteiger charge is 2.37. The summed E-state index contributed by atoms with van der Waals surface area (Å²) in [5, 5.41) is 0. The summed E-state index contributed by atoms with van der Waals surface area (Å²) in [5.41, 5.74) is 2.75. The predicted molar refractivity (Wildman–Crippen MR) is 89.8 cm³/mol. The Bertz CT molecular complexity index is 525. The maximum absolute atomic E-state index is 2.65. The van der Waals surface area contributed by atoms with Crippen LogP contribution in [0.3, 0.4) is 0 Å². The topological polar surface area (TPSA) is 3.24 Å². The molecule has 1 aliphatic rings. The molecule has 2 heteroatoms. The Labute approximate surface area is 128 Å². The maximum atomic E-state index is 2.65. The fraction of sp³-hybridized carbons (Fsp3) is 0.294. The third-order valence-corrected chi connectivity index (χ3v) is 5.60. The van der Waals surface area contributed by atoms with Crippen molar-refractivity contribution in [2.75, 3.05) is 11.4 Å². The van der Waals surface area contributed by atoms with Crippen LogP contribution >= 0.6 is 22.6 Å². The first-order valence-electron chi connectivity index (χ1n) is 6.88. The fourth-order valence-electron chi connectivity index (χ4n) is 2.88. The van der Waals surface area contributed by atoms with Crippen LogP contribution in [0.25, 0.3) is 0 Å². The van der Waals surface area contributed by atoms with E-state index in [9.17, 15) is 0 Å². The van der Waals surface area contributed by atoms with E-state index in [1.807, 2.05) is 0 Å². The molecule has 1 nitrogen and oxygen atoms in total. The van der Waals surface area contributed by atoms with Crippen LogP contribution in [-0.4, -0.2) is 6.54 Å². The summed E-state index contributed by atoms with van der Waals surface area (Å²) >= 11 is 2.65. The quantitative estimate of drug-likeness (QED) is 0.414. The van der Waals surface area contributed by atoms with Crippen molar-refractivity contribution in [1.29, 1.82) is 0 Å². The second-order valence-corrected chi connectivity index (χ2v) is 6.85. The highest BCUT2D eigenvalue weighted by Crippen LogP contribution is 2.45. The van der Waals surface area contributed by atoms with Gasteiger partial charge in [-0.25, -0.2) is 0 Å². The summed E-state index contributed by atoms with van der Waals surface area (Å²) in [7, 11) is 0. The van der Waals surface area contributed by atoms with Gasteiger partial charge in [0.25, 0.3) is 0 Å². The highest BCUT2D eigenvalue weighted by molar-refractivity contribution is 14.1. The number of hydrogen-bond donors (Lipinski definition) is 0. The lowest BCUT2D eigenvalue weighted by atomic mass is 9.94. The average Bonchev–Trinajstić information content (AvgIpc) is 2.49. The molecule has 1 aliphatic heterocycles. The van der Waals surface area contributed by atoms with Crippen LogP contribution in [0.1, 0.15) is 24.8 Å². The van der Waals surface area contributed by atoms with E-state index in [-0.39, 0.29) is 3.55 Å². The number of rotatable bonds is 2. The van der Waals surface area contributed by atoms with Crippen molar-refractivity contribution in [3.05, 3.63) is 66.2 Å². The Hall–Kier alpha value is -1.03. The maximum Gasteiger partial charge on any atom is 0.117 e. The molecule has 0 saturated carbocycles. The van der Waals surface area contributed by atoms with E-state index in [0.717, 1.165) is 6.54 Å². The Kier molecular flexibility index (Phi) is 3.78. The third-order valence-electron chi connectivity index (χ3n) is 3.85. The minimum atomic E-state index is 0.0959. The van der Waals surface area contributed by atoms with Crippen LogP contribution in [0.2, 0.25) is 0 Å². The van der Waals surface area contributed by atoms with E-state index in [2.05, 4.69) is 88.2 Å². The van der Waals surface area contributed by atoms with E-state index in [1.165, 1.54) is 30.5 Å². The van der Waals surface area contributed by atoms with Crippen molar-refractivity contribution in [2.24, 2.45) is 0 Å². The van der Waals surface area contributed by atoms with Crippen LogP contribution in [0, 0.1) is 0 Å². The molecule has 0 aliphatic carbocycles. The van der Waals surface area contributed by atoms with Crippen molar-refractivity contribution in [3.63, 3.8) is 0 Å². The average molecular weight is 363 g/mol. The molecule has 0 spiro atoms. The van der Waals surface area contributed by atoms with Crippen LogP contribution in [0.5, 0.6) is 0 Å². The summed E-state index contributed by atoms with van der Waals surface area (Å²) in [6.45, 7) is 1.14. The molecule has 0 aromatic heterocycles. The largest absolute Gasteiger partial charge is 0.353 e. The minimum absolute atomic E-state index is 0.0959. The molecule has 2 aromatic rings. The summed E-state index contributed by atoms with van der Waals surface area (Å²) in [6.07, 6.45) is 3.81. The molecule has 1 heterocycles. The Morgan fingerprint density at radius 2 is 1.47 bits per heavy atom. The highest BCUT2D eigenvalue weighted by atomic mass is 127. The predicted octanol–water partition coefficient (Wildman–Crippen LogP) is 4.96. The van der Waals surface area contributed by atoms with Crippen LogP contribution in [0.15, 0.2) is 60.7 Å². The SMILES string of the molecule is IC1(c2ccccc2)CCCCN1c1ccccc1. The first kappa shape index (κ1) is 13.0. The van der Waals surface area contributed by atoms with Gasteiger partial charge in [-0.05, 0) is 59.5 Å². The standard InChI is InChI=1S/C17H18IN/c18-17(15-9-3-1-4-10-15)13-7-8-14-19(17)16-11-5-2-6-12-16/h1-6,9-12H,7-8,13-14H2. The van der Waals surface area contributed by atoms with Gasteiger partial charge in [0.1, 0.15) is 3.55 Å². The summed E-state index contributed by atoms with van der Waals surface area (Å²) in [6, 6.07) is 21.7. The van der Waals surface area contributed by atoms with Crippen molar-refractivity contribution in [3.8, 4) is 0 Å². The van der Waals surface area contributed by atoms with E-state index < -0.39 is 0 Å². The molecule has 0 N–H and O–H groups in total. The molecule has 1 saturated heterocycles. The van der Waals surface area contributed by atoms with Crippen molar-refractivity contribution in [1.82, 2.24) is 0 Å². The second-order valence-electron chi connectivity index (χ2n) is 5.07. The lowest BCUT2D eigenvalue weighted by Gasteiger charge is -2.45. The molecule has 1 fully saturated rings. The van der Waals surface area contributed by atoms with Gasteiger partial charge in [-0.2, -0.15) is 0 Å². The molecule has 19 heavy (non-hydrogen) atoms. The normalized spacial score (nSPS) is 23.3. The first-order valence-corrected chi connectivity index (χ1v) is 7.96. The van der Waals surface area contributed by atoms with Gasteiger partial charge in [0.05, 0.1) is 0 Å². The number of alkyl halides is 1. The zero-order valence-electron chi connectivity index (χ0n) is 10.9. The van der Waals surface area contributed by atoms with Crippen molar-refractivity contribution >= 4 is 28.3 Å². The smallest absolute Gasteiger partial charge is 0.117 e. The lowest BCUT2D eigenvalue weighted by molar-refractivity contribution is 0.454. The number of piperidine rings is 1. The lowest BCUT2D eigenvalue weighted by Crippen LogP contribution is -2.45. The molecule has 98 valence electrons. The van der Waals surface area contributed by atoms with Crippen LogP contribution in [-0.2, 0) is 3.55 Å². The Balaban J connectivity index is 2.02. The monoisotopic (exact) mass is 363 g/mol. The van der Waals surface area contributed by atoms with Crippen LogP contribution in [0.4, 0.5) is 5.69 Å². The molecule has 0 amide bonds. The molecule has 2 aromatic carbocycles. The third kappa shape index (κ3) is 2.50. The molecule has 3 rings (SSSR count). The van der Waals surface area contributed by atoms with Gasteiger partial charge in [-0.3, -0.25) is 0 Å². The number of benzene rings is 2. The Morgan fingerprint density at radius 3 is 2.16 bits per heavy atom. The van der Waals surface area contributed by atoms with Crippen molar-refractivity contribution < 1.29 is 0 Å². The second kappa shape index (κ2) is 5.53. The van der Waals surface area contributed by atoms with Crippen LogP contribution < -0.4 is 4.90 Å². The van der Waals surface area contributed by atoms with Gasteiger partial charge < -0.3 is 4.90 Å². The number of nitrogens with zero attached hydrogens (tertiary/aromatic N) is 1. The number of para-hydroxylation sites is 1. The zero-order valence-corrected chi connectivity index (χ0v) is 13.1. The van der Waals surface area contributed by atoms with E-state index >= 15 is 0 Å². The summed E-state index contributed by atoms with van der Waals surface area (Å²) in [4.78, 5) is 2.56. The minimum Gasteiger partial charge on any atom is -0.353 e. The van der Waals surface area contributed by atoms with Gasteiger partial charge in [0.15, 0.2) is 0 Å². The van der Waals surface area contributed by atoms with Gasteiger partial charge in [0, 0.05) is 12.2 Å². The van der Waals surface area contributed by atoms with E-state index in [0.29, 0.717) is 0 Å². The molecule has 1 atom stereocenters. The molecule has 0 bridgehead atoms. The number of anilines is 1. The van der Waals surface area contributed by atoms with E-state index in [4.69, 9.17) is 0 Å². The molecular formula is C17H18IN. The Morgan fingerprint density at radius 1 is 0.842 bits per heavy atom. The van der Waals surface area contributed by atoms with Gasteiger partial charge in [-0.15, -0.1) is 0 Å². The molecule has 0 radical (unpaired) electrons. The summed E-state index contributed by atoms with van der Waals surface area (Å²) in [5.74, 6) is 0. The zero-order chi connectivity index (χ0) is 13.1. The summed E-state index contributed by atoms with van der Waals surface area (Å²) < 4.78 is 0.0959. The van der Waals surface area contributed by atoms with E-state index in [1.54, 1.807) is 0 Å². The van der Waals surface area contributed by atoms with Gasteiger partial charge >= 0.3 is 0 Å². The van der Waals surface area contributed by atoms with Gasteiger partial charge in [-0.1, -0.05) is 48.5 Å². The molecular weight excluding hydrogens is 345 g/mol.